The van der Waals surface area contributed by atoms with Crippen molar-refractivity contribution in [3.8, 4) is 0 Å². The van der Waals surface area contributed by atoms with E-state index >= 15 is 0 Å². The van der Waals surface area contributed by atoms with Gasteiger partial charge in [-0.3, -0.25) is 0 Å². The van der Waals surface area contributed by atoms with E-state index in [-0.39, 0.29) is 132 Å². The van der Waals surface area contributed by atoms with Gasteiger partial charge in [0.2, 0.25) is 0 Å². The van der Waals surface area contributed by atoms with Gasteiger partial charge in [-0.1, -0.05) is 0 Å². The Balaban J connectivity index is -0.000000361. The van der Waals surface area contributed by atoms with Crippen molar-refractivity contribution in [3.05, 3.63) is 60.2 Å². The fourth-order valence-electron chi connectivity index (χ4n) is 3.77. The van der Waals surface area contributed by atoms with Crippen molar-refractivity contribution < 1.29 is 170 Å². The van der Waals surface area contributed by atoms with E-state index in [1.807, 2.05) is 24.5 Å². The van der Waals surface area contributed by atoms with Crippen LogP contribution in [0.15, 0.2) is 49.1 Å². The van der Waals surface area contributed by atoms with Gasteiger partial charge in [0.1, 0.15) is 39.3 Å². The zero-order chi connectivity index (χ0) is 22.1. The number of rotatable bonds is 4. The maximum Gasteiger partial charge on any atom is 1.00 e. The molecule has 244 valence electrons. The van der Waals surface area contributed by atoms with Gasteiger partial charge in [0.15, 0.2) is 24.8 Å². The molecule has 1 saturated heterocycles. The molecule has 0 bridgehead atoms. The number of H-pyrrole nitrogens is 2. The van der Waals surface area contributed by atoms with Gasteiger partial charge >= 0.3 is 34.1 Å². The number of quaternary nitrogens is 2. The van der Waals surface area contributed by atoms with Gasteiger partial charge in [0.25, 0.3) is 0 Å². The number of pyridine rings is 2. The van der Waals surface area contributed by atoms with Crippen molar-refractivity contribution >= 4 is 0 Å². The van der Waals surface area contributed by atoms with Gasteiger partial charge in [0.05, 0.1) is 64.0 Å². The van der Waals surface area contributed by atoms with Crippen molar-refractivity contribution in [3.63, 3.8) is 0 Å². The zero-order valence-corrected chi connectivity index (χ0v) is 31.2. The summed E-state index contributed by atoms with van der Waals surface area (Å²) < 4.78 is 23.4. The molecule has 8 nitrogen and oxygen atoms in total. The Morgan fingerprint density at radius 1 is 0.525 bits per heavy atom. The van der Waals surface area contributed by atoms with E-state index < -0.39 is 0 Å². The standard InChI is InChI=1S/C24H36N4O4.4ClH.2Cu.2HI/c1-3-23(19-25-5-1)21-27-7-11-29-15-17-31-13-9-28(22-24-4-2-6-26-20-24)10-14-32-18-16-30-12-8-27;;;;;;;;/h1-6,19-20H,7-18,21-22H2;4*1H;;;2*1H/q;;;;;2*+1;;/p-2. The van der Waals surface area contributed by atoms with E-state index in [0.29, 0.717) is 26.4 Å². The van der Waals surface area contributed by atoms with Gasteiger partial charge < -0.3 is 126 Å². The van der Waals surface area contributed by atoms with E-state index in [1.54, 1.807) is 0 Å². The molecule has 16 heteroatoms. The third-order valence-corrected chi connectivity index (χ3v) is 5.60. The number of hydrogen-bond acceptors (Lipinski definition) is 4. The molecule has 0 saturated carbocycles. The van der Waals surface area contributed by atoms with Gasteiger partial charge in [-0.2, -0.15) is 0 Å². The van der Waals surface area contributed by atoms with Crippen LogP contribution < -0.4 is 117 Å². The number of aromatic amines is 2. The SMILES string of the molecule is [Cl-].[Cl-].[Cl-].[Cl-].[Cu+].[Cu+].[I-].[I-].c1c[nH+]cc(C[NH+]2CCOCCOCC[NH+](Cc3ccc[nH+]c3)CCOCCOCC2)c1. The summed E-state index contributed by atoms with van der Waals surface area (Å²) in [4.78, 5) is 9.22. The predicted molar refractivity (Wildman–Crippen MR) is 118 cm³/mol. The third-order valence-electron chi connectivity index (χ3n) is 5.60. The molecule has 2 aromatic heterocycles. The molecule has 1 aliphatic rings. The molecule has 0 spiro atoms. The summed E-state index contributed by atoms with van der Waals surface area (Å²) in [6.07, 6.45) is 7.99. The second-order valence-electron chi connectivity index (χ2n) is 8.13. The molecule has 3 heterocycles. The largest absolute Gasteiger partial charge is 1.00 e. The van der Waals surface area contributed by atoms with Crippen LogP contribution >= 0.6 is 0 Å². The number of halogens is 6. The van der Waals surface area contributed by atoms with Crippen LogP contribution in [-0.2, 0) is 66.2 Å². The van der Waals surface area contributed by atoms with E-state index in [0.717, 1.165) is 65.7 Å². The average Bonchev–Trinajstić information content (AvgIpc) is 2.82. The Hall–Kier alpha value is 1.72. The first-order valence-corrected chi connectivity index (χ1v) is 11.8. The quantitative estimate of drug-likeness (QED) is 0.236. The second-order valence-corrected chi connectivity index (χ2v) is 8.13. The number of hydrogen-bond donors (Lipinski definition) is 2. The molecule has 0 amide bonds. The Labute approximate surface area is 319 Å². The second kappa shape index (κ2) is 36.9. The van der Waals surface area contributed by atoms with Gasteiger partial charge in [-0.15, -0.1) is 0 Å². The first kappa shape index (κ1) is 54.2. The molecule has 4 N–H and O–H groups in total. The molecule has 0 unspecified atom stereocenters. The third kappa shape index (κ3) is 26.1. The van der Waals surface area contributed by atoms with Crippen LogP contribution in [0.1, 0.15) is 11.1 Å². The minimum Gasteiger partial charge on any atom is -1.00 e. The Morgan fingerprint density at radius 3 is 1.07 bits per heavy atom. The molecule has 0 aliphatic carbocycles. The van der Waals surface area contributed by atoms with Crippen LogP contribution in [-0.4, -0.2) is 79.0 Å². The normalized spacial score (nSPS) is 18.5. The van der Waals surface area contributed by atoms with Crippen molar-refractivity contribution in [2.75, 3.05) is 79.0 Å². The molecular weight excluding hydrogens is 931 g/mol. The Morgan fingerprint density at radius 2 is 0.825 bits per heavy atom. The molecule has 2 aromatic rings. The predicted octanol–water partition coefficient (Wildman–Crippen LogP) is -20.1. The average molecular weight is 971 g/mol. The molecule has 0 atom stereocenters. The molecule has 0 radical (unpaired) electrons. The first-order valence-electron chi connectivity index (χ1n) is 11.8. The summed E-state index contributed by atoms with van der Waals surface area (Å²) in [5.41, 5.74) is 2.58. The minimum atomic E-state index is 0. The van der Waals surface area contributed by atoms with Gasteiger partial charge in [0, 0.05) is 12.1 Å². The fraction of sp³-hybridized carbons (Fsp3) is 0.583. The van der Waals surface area contributed by atoms with Crippen LogP contribution in [0.4, 0.5) is 0 Å². The van der Waals surface area contributed by atoms with Crippen LogP contribution in [0.2, 0.25) is 0 Å². The van der Waals surface area contributed by atoms with Crippen LogP contribution in [0, 0.1) is 0 Å². The van der Waals surface area contributed by atoms with Crippen molar-refractivity contribution in [2.24, 2.45) is 0 Å². The maximum absolute atomic E-state index is 5.84. The summed E-state index contributed by atoms with van der Waals surface area (Å²) in [5.74, 6) is 0. The summed E-state index contributed by atoms with van der Waals surface area (Å²) >= 11 is 0. The summed E-state index contributed by atoms with van der Waals surface area (Å²) in [6, 6.07) is 8.39. The Bertz CT molecular complexity index is 667. The molecule has 40 heavy (non-hydrogen) atoms. The van der Waals surface area contributed by atoms with Gasteiger partial charge in [-0.25, -0.2) is 9.97 Å². The fourth-order valence-corrected chi connectivity index (χ4v) is 3.77. The summed E-state index contributed by atoms with van der Waals surface area (Å²) in [6.45, 7) is 11.1. The summed E-state index contributed by atoms with van der Waals surface area (Å²) in [7, 11) is 0. The van der Waals surface area contributed by atoms with E-state index in [2.05, 4.69) is 34.5 Å². The first-order chi connectivity index (χ1) is 15.9. The molecule has 3 rings (SSSR count). The van der Waals surface area contributed by atoms with Crippen molar-refractivity contribution in [2.45, 2.75) is 13.1 Å². The van der Waals surface area contributed by atoms with Crippen LogP contribution in [0.3, 0.4) is 0 Å². The molecule has 1 fully saturated rings. The molecule has 1 aliphatic heterocycles. The molecule has 0 aromatic carbocycles. The zero-order valence-electron chi connectivity index (χ0n) is 22.0. The van der Waals surface area contributed by atoms with Crippen molar-refractivity contribution in [1.29, 1.82) is 0 Å². The van der Waals surface area contributed by atoms with Crippen molar-refractivity contribution in [1.82, 2.24) is 0 Å². The smallest absolute Gasteiger partial charge is 1.00 e. The number of nitrogens with one attached hydrogen (secondary N) is 4. The Kier molecular flexibility index (Phi) is 50.0. The summed E-state index contributed by atoms with van der Waals surface area (Å²) in [5, 5.41) is 0. The van der Waals surface area contributed by atoms with Gasteiger partial charge in [-0.05, 0) is 12.1 Å². The number of ether oxygens (including phenoxy) is 4. The van der Waals surface area contributed by atoms with E-state index in [1.165, 1.54) is 20.9 Å². The van der Waals surface area contributed by atoms with Crippen LogP contribution in [0.25, 0.3) is 0 Å². The van der Waals surface area contributed by atoms with E-state index in [9.17, 15) is 0 Å². The molecular formula is C24H40Cl4Cu2I2N4O4. The van der Waals surface area contributed by atoms with Crippen LogP contribution in [0.5, 0.6) is 0 Å². The maximum atomic E-state index is 5.84. The van der Waals surface area contributed by atoms with E-state index in [4.69, 9.17) is 18.9 Å². The minimum absolute atomic E-state index is 0. The monoisotopic (exact) mass is 968 g/mol. The topological polar surface area (TPSA) is 74.1 Å². The number of aromatic nitrogens is 2.